The molecule has 2 atom stereocenters. The Kier molecular flexibility index (Phi) is 18.7. The molecule has 13 heavy (non-hydrogen) atoms. The second-order valence-electron chi connectivity index (χ2n) is 2.15. The van der Waals surface area contributed by atoms with E-state index < -0.39 is 4.27 Å². The Morgan fingerprint density at radius 3 is 1.69 bits per heavy atom. The Hall–Kier alpha value is 1.88. The van der Waals surface area contributed by atoms with Gasteiger partial charge in [-0.2, -0.15) is 25.3 Å². The molecule has 0 aliphatic heterocycles. The Balaban J connectivity index is -0.000000143. The topological polar surface area (TPSA) is 40.5 Å². The van der Waals surface area contributed by atoms with Gasteiger partial charge in [-0.05, 0) is 6.42 Å². The van der Waals surface area contributed by atoms with E-state index in [0.717, 1.165) is 0 Å². The molecule has 0 radical (unpaired) electrons. The van der Waals surface area contributed by atoms with E-state index in [0.29, 0.717) is 12.2 Å². The Morgan fingerprint density at radius 1 is 1.38 bits per heavy atom. The Bertz CT molecular complexity index is 95.1. The first-order valence-corrected chi connectivity index (χ1v) is 5.48. The second kappa shape index (κ2) is 12.0. The van der Waals surface area contributed by atoms with E-state index in [2.05, 4.69) is 50.5 Å². The average Bonchev–Trinajstić information content (AvgIpc) is 2.03. The summed E-state index contributed by atoms with van der Waals surface area (Å²) in [7, 11) is 0. The Labute approximate surface area is 113 Å². The van der Waals surface area contributed by atoms with Crippen LogP contribution in [0.1, 0.15) is 13.3 Å². The van der Waals surface area contributed by atoms with Crippen LogP contribution in [0.5, 0.6) is 0 Å². The summed E-state index contributed by atoms with van der Waals surface area (Å²) in [6.07, 6.45) is 0.555. The molecule has 2 unspecified atom stereocenters. The molecule has 0 saturated carbocycles. The van der Waals surface area contributed by atoms with Gasteiger partial charge < -0.3 is 10.2 Å². The van der Waals surface area contributed by atoms with Crippen LogP contribution in [-0.2, 0) is 0 Å². The van der Waals surface area contributed by atoms with Gasteiger partial charge in [-0.15, -0.1) is 25.3 Å². The molecule has 0 fully saturated rings. The van der Waals surface area contributed by atoms with Crippen molar-refractivity contribution in [2.24, 2.45) is 0 Å². The Morgan fingerprint density at radius 2 is 1.69 bits per heavy atom. The van der Waals surface area contributed by atoms with Gasteiger partial charge in [0.2, 0.25) is 0 Å². The summed E-state index contributed by atoms with van der Waals surface area (Å²) >= 11 is 15.1. The standard InChI is InChI=1S/2C3H8OS2.AsH3/c4-1-3(6)2-5;1-2-3(4,5)6;/h3-6H,1-2H2;4-6H,2H2,1H3;1H3. The van der Waals surface area contributed by atoms with Gasteiger partial charge >= 0.3 is 18.0 Å². The van der Waals surface area contributed by atoms with E-state index in [1.54, 1.807) is 6.92 Å². The fourth-order valence-corrected chi connectivity index (χ4v) is 0.173. The van der Waals surface area contributed by atoms with Crippen molar-refractivity contribution in [3.63, 3.8) is 0 Å². The van der Waals surface area contributed by atoms with Crippen molar-refractivity contribution < 1.29 is 10.2 Å². The molecule has 84 valence electrons. The van der Waals surface area contributed by atoms with Crippen LogP contribution in [0.25, 0.3) is 0 Å². The van der Waals surface area contributed by atoms with Crippen molar-refractivity contribution in [2.75, 3.05) is 12.4 Å². The van der Waals surface area contributed by atoms with Crippen molar-refractivity contribution >= 4 is 68.5 Å². The van der Waals surface area contributed by atoms with E-state index in [-0.39, 0.29) is 29.8 Å². The molecular weight excluding hydrogens is 307 g/mol. The maximum atomic E-state index is 8.55. The van der Waals surface area contributed by atoms with Crippen LogP contribution in [0.3, 0.4) is 0 Å². The molecule has 0 amide bonds. The molecule has 0 bridgehead atoms. The average molecular weight is 326 g/mol. The predicted molar refractivity (Wildman–Crippen MR) is 76.9 cm³/mol. The zero-order valence-electron chi connectivity index (χ0n) is 7.59. The third-order valence-corrected chi connectivity index (χ3v) is 2.60. The van der Waals surface area contributed by atoms with Crippen LogP contribution in [0.2, 0.25) is 0 Å². The van der Waals surface area contributed by atoms with Gasteiger partial charge in [0.1, 0.15) is 0 Å². The summed E-state index contributed by atoms with van der Waals surface area (Å²) in [6.45, 7) is 1.92. The van der Waals surface area contributed by atoms with Crippen LogP contribution in [0, 0.1) is 0 Å². The van der Waals surface area contributed by atoms with Crippen LogP contribution in [0.4, 0.5) is 0 Å². The fourth-order valence-electron chi connectivity index (χ4n) is 0.0577. The fraction of sp³-hybridized carbons (Fsp3) is 1.00. The molecule has 0 saturated heterocycles. The first kappa shape index (κ1) is 20.3. The van der Waals surface area contributed by atoms with Gasteiger partial charge in [0.25, 0.3) is 0 Å². The minimum atomic E-state index is -1.07. The first-order valence-electron chi connectivity index (χ1n) is 3.44. The van der Waals surface area contributed by atoms with Crippen molar-refractivity contribution in [1.82, 2.24) is 0 Å². The summed E-state index contributed by atoms with van der Waals surface area (Å²) in [5.74, 6) is 0.639. The van der Waals surface area contributed by atoms with Crippen molar-refractivity contribution in [2.45, 2.75) is 22.9 Å². The van der Waals surface area contributed by atoms with E-state index in [9.17, 15) is 0 Å². The quantitative estimate of drug-likeness (QED) is 0.250. The van der Waals surface area contributed by atoms with Gasteiger partial charge in [0, 0.05) is 11.0 Å². The van der Waals surface area contributed by atoms with Crippen LogP contribution < -0.4 is 0 Å². The number of hydrogen-bond donors (Lipinski definition) is 6. The van der Waals surface area contributed by atoms with Gasteiger partial charge in [-0.25, -0.2) is 0 Å². The number of aliphatic hydroxyl groups is 2. The SMILES string of the molecule is CCC(O)(S)S.OCC(S)CS.[AsH3]. The summed E-state index contributed by atoms with van der Waals surface area (Å²) in [5.41, 5.74) is 0. The summed E-state index contributed by atoms with van der Waals surface area (Å²) in [5, 5.41) is 16.8. The molecule has 0 aromatic rings. The third kappa shape index (κ3) is 24.8. The molecule has 7 heteroatoms. The van der Waals surface area contributed by atoms with E-state index >= 15 is 0 Å². The van der Waals surface area contributed by atoms with Gasteiger partial charge in [0.15, 0.2) is 4.27 Å². The molecule has 0 rings (SSSR count). The molecule has 0 spiro atoms. The van der Waals surface area contributed by atoms with Gasteiger partial charge in [0.05, 0.1) is 6.61 Å². The summed E-state index contributed by atoms with van der Waals surface area (Å²) in [4.78, 5) is 0. The number of thiol groups is 4. The minimum absolute atomic E-state index is 0. The summed E-state index contributed by atoms with van der Waals surface area (Å²) in [6, 6.07) is 0. The van der Waals surface area contributed by atoms with Gasteiger partial charge in [-0.1, -0.05) is 6.92 Å². The first-order chi connectivity index (χ1) is 5.37. The molecule has 2 nitrogen and oxygen atoms in total. The molecule has 0 aromatic carbocycles. The third-order valence-electron chi connectivity index (χ3n) is 0.896. The number of hydrogen-bond acceptors (Lipinski definition) is 6. The van der Waals surface area contributed by atoms with E-state index in [1.807, 2.05) is 0 Å². The molecule has 0 aromatic heterocycles. The van der Waals surface area contributed by atoms with Crippen LogP contribution in [0.15, 0.2) is 0 Å². The van der Waals surface area contributed by atoms with Crippen molar-refractivity contribution in [1.29, 1.82) is 0 Å². The number of aliphatic hydroxyl groups excluding tert-OH is 1. The number of rotatable bonds is 3. The van der Waals surface area contributed by atoms with Gasteiger partial charge in [-0.3, -0.25) is 0 Å². The molecular formula is C6H19AsO2S4. The maximum absolute atomic E-state index is 8.55. The monoisotopic (exact) mass is 326 g/mol. The molecule has 0 heterocycles. The molecule has 0 aliphatic rings. The predicted octanol–water partition coefficient (Wildman–Crippen LogP) is -0.0749. The summed E-state index contributed by atoms with van der Waals surface area (Å²) < 4.78 is -1.07. The second-order valence-corrected chi connectivity index (χ2v) is 5.07. The van der Waals surface area contributed by atoms with E-state index in [1.165, 1.54) is 0 Å². The van der Waals surface area contributed by atoms with E-state index in [4.69, 9.17) is 10.2 Å². The van der Waals surface area contributed by atoms with Crippen LogP contribution >= 0.6 is 50.5 Å². The van der Waals surface area contributed by atoms with Crippen molar-refractivity contribution in [3.8, 4) is 0 Å². The van der Waals surface area contributed by atoms with Crippen molar-refractivity contribution in [3.05, 3.63) is 0 Å². The molecule has 0 aliphatic carbocycles. The zero-order valence-corrected chi connectivity index (χ0v) is 14.1. The zero-order chi connectivity index (χ0) is 10.2. The normalized spacial score (nSPS) is 12.2. The van der Waals surface area contributed by atoms with Crippen LogP contribution in [-0.4, -0.2) is 50.0 Å². The molecule has 2 N–H and O–H groups in total.